The van der Waals surface area contributed by atoms with Gasteiger partial charge in [0.15, 0.2) is 5.82 Å². The summed E-state index contributed by atoms with van der Waals surface area (Å²) in [6, 6.07) is 1.80. The molecular formula is C12H22N4O2. The van der Waals surface area contributed by atoms with Gasteiger partial charge in [0, 0.05) is 26.3 Å². The number of likely N-dealkylation sites (N-methyl/N-ethyl adjacent to an activating group) is 1. The van der Waals surface area contributed by atoms with E-state index in [-0.39, 0.29) is 0 Å². The number of anilines is 1. The zero-order valence-electron chi connectivity index (χ0n) is 11.6. The highest BCUT2D eigenvalue weighted by molar-refractivity contribution is 5.38. The third-order valence-corrected chi connectivity index (χ3v) is 2.18. The fraction of sp³-hybridized carbons (Fsp3) is 0.667. The van der Waals surface area contributed by atoms with Crippen LogP contribution in [0.4, 0.5) is 5.82 Å². The Morgan fingerprint density at radius 3 is 2.72 bits per heavy atom. The Morgan fingerprint density at radius 1 is 1.33 bits per heavy atom. The van der Waals surface area contributed by atoms with Gasteiger partial charge in [0.1, 0.15) is 12.4 Å². The molecule has 0 atom stereocenters. The standard InChI is InChI=1S/C12H22N4O2/c1-5-18-12-8-10(13-6-7-16(2)3)14-11(15-12)9-17-4/h8H,5-7,9H2,1-4H3,(H,13,14,15). The number of hydrogen-bond donors (Lipinski definition) is 1. The zero-order chi connectivity index (χ0) is 13.4. The molecule has 0 aliphatic carbocycles. The van der Waals surface area contributed by atoms with E-state index in [0.29, 0.717) is 24.9 Å². The summed E-state index contributed by atoms with van der Waals surface area (Å²) in [5, 5.41) is 3.25. The third-order valence-electron chi connectivity index (χ3n) is 2.18. The minimum Gasteiger partial charge on any atom is -0.478 e. The smallest absolute Gasteiger partial charge is 0.218 e. The maximum Gasteiger partial charge on any atom is 0.218 e. The maximum absolute atomic E-state index is 5.40. The van der Waals surface area contributed by atoms with Crippen LogP contribution in [0.3, 0.4) is 0 Å². The average Bonchev–Trinajstić information content (AvgIpc) is 2.29. The number of nitrogens with zero attached hydrogens (tertiary/aromatic N) is 3. The Balaban J connectivity index is 2.69. The number of methoxy groups -OCH3 is 1. The molecule has 0 aromatic carbocycles. The molecule has 6 nitrogen and oxygen atoms in total. The minimum atomic E-state index is 0.378. The third kappa shape index (κ3) is 5.29. The van der Waals surface area contributed by atoms with Crippen LogP contribution in [0.25, 0.3) is 0 Å². The van der Waals surface area contributed by atoms with E-state index < -0.39 is 0 Å². The number of nitrogens with one attached hydrogen (secondary N) is 1. The van der Waals surface area contributed by atoms with Crippen LogP contribution >= 0.6 is 0 Å². The lowest BCUT2D eigenvalue weighted by atomic mass is 10.4. The molecule has 1 aromatic heterocycles. The molecular weight excluding hydrogens is 232 g/mol. The van der Waals surface area contributed by atoms with E-state index in [9.17, 15) is 0 Å². The Morgan fingerprint density at radius 2 is 2.11 bits per heavy atom. The van der Waals surface area contributed by atoms with Gasteiger partial charge in [-0.1, -0.05) is 0 Å². The molecule has 102 valence electrons. The summed E-state index contributed by atoms with van der Waals surface area (Å²) in [5.41, 5.74) is 0. The van der Waals surface area contributed by atoms with E-state index in [4.69, 9.17) is 9.47 Å². The topological polar surface area (TPSA) is 59.5 Å². The molecule has 0 unspecified atom stereocenters. The van der Waals surface area contributed by atoms with Crippen LogP contribution in [0, 0.1) is 0 Å². The van der Waals surface area contributed by atoms with Gasteiger partial charge in [-0.3, -0.25) is 0 Å². The number of hydrogen-bond acceptors (Lipinski definition) is 6. The van der Waals surface area contributed by atoms with Crippen LogP contribution in [0.1, 0.15) is 12.7 Å². The molecule has 18 heavy (non-hydrogen) atoms. The quantitative estimate of drug-likeness (QED) is 0.746. The summed E-state index contributed by atoms with van der Waals surface area (Å²) in [6.07, 6.45) is 0. The number of rotatable bonds is 8. The van der Waals surface area contributed by atoms with Gasteiger partial charge >= 0.3 is 0 Å². The summed E-state index contributed by atoms with van der Waals surface area (Å²) in [6.45, 7) is 4.65. The molecule has 0 bridgehead atoms. The van der Waals surface area contributed by atoms with Crippen molar-refractivity contribution in [3.05, 3.63) is 11.9 Å². The van der Waals surface area contributed by atoms with E-state index in [1.807, 2.05) is 21.0 Å². The Hall–Kier alpha value is -1.40. The predicted molar refractivity (Wildman–Crippen MR) is 71.0 cm³/mol. The van der Waals surface area contributed by atoms with Gasteiger partial charge in [0.05, 0.1) is 6.61 Å². The van der Waals surface area contributed by atoms with E-state index >= 15 is 0 Å². The van der Waals surface area contributed by atoms with Gasteiger partial charge in [0.25, 0.3) is 0 Å². The molecule has 0 fully saturated rings. The fourth-order valence-corrected chi connectivity index (χ4v) is 1.39. The van der Waals surface area contributed by atoms with Crippen LogP contribution in [-0.4, -0.2) is 55.8 Å². The molecule has 0 aliphatic rings. The van der Waals surface area contributed by atoms with Crippen molar-refractivity contribution in [2.75, 3.05) is 46.2 Å². The number of aromatic nitrogens is 2. The molecule has 6 heteroatoms. The van der Waals surface area contributed by atoms with E-state index in [0.717, 1.165) is 18.9 Å². The van der Waals surface area contributed by atoms with Gasteiger partial charge in [-0.05, 0) is 21.0 Å². The van der Waals surface area contributed by atoms with Gasteiger partial charge in [-0.2, -0.15) is 4.98 Å². The summed E-state index contributed by atoms with van der Waals surface area (Å²) >= 11 is 0. The first-order chi connectivity index (χ1) is 8.65. The highest BCUT2D eigenvalue weighted by Gasteiger charge is 2.05. The van der Waals surface area contributed by atoms with Crippen LogP contribution in [0.5, 0.6) is 5.88 Å². The first-order valence-electron chi connectivity index (χ1n) is 6.04. The van der Waals surface area contributed by atoms with Gasteiger partial charge in [-0.25, -0.2) is 4.98 Å². The number of ether oxygens (including phenoxy) is 2. The molecule has 1 aromatic rings. The summed E-state index contributed by atoms with van der Waals surface area (Å²) < 4.78 is 10.4. The summed E-state index contributed by atoms with van der Waals surface area (Å²) in [7, 11) is 5.68. The summed E-state index contributed by atoms with van der Waals surface area (Å²) in [4.78, 5) is 10.7. The summed E-state index contributed by atoms with van der Waals surface area (Å²) in [5.74, 6) is 1.96. The van der Waals surface area contributed by atoms with Crippen LogP contribution in [-0.2, 0) is 11.3 Å². The Labute approximate surface area is 108 Å². The van der Waals surface area contributed by atoms with E-state index in [2.05, 4.69) is 20.2 Å². The highest BCUT2D eigenvalue weighted by Crippen LogP contribution is 2.13. The maximum atomic E-state index is 5.40. The SMILES string of the molecule is CCOc1cc(NCCN(C)C)nc(COC)n1. The van der Waals surface area contributed by atoms with Crippen molar-refractivity contribution in [1.82, 2.24) is 14.9 Å². The molecule has 0 saturated heterocycles. The van der Waals surface area contributed by atoms with E-state index in [1.54, 1.807) is 13.2 Å². The molecule has 1 heterocycles. The van der Waals surface area contributed by atoms with Crippen LogP contribution in [0.2, 0.25) is 0 Å². The molecule has 1 rings (SSSR count). The average molecular weight is 254 g/mol. The lowest BCUT2D eigenvalue weighted by Crippen LogP contribution is -2.21. The Bertz CT molecular complexity index is 334. The van der Waals surface area contributed by atoms with Crippen molar-refractivity contribution in [2.45, 2.75) is 13.5 Å². The Kier molecular flexibility index (Phi) is 6.38. The molecule has 0 radical (unpaired) electrons. The largest absolute Gasteiger partial charge is 0.478 e. The highest BCUT2D eigenvalue weighted by atomic mass is 16.5. The van der Waals surface area contributed by atoms with Gasteiger partial charge in [0.2, 0.25) is 5.88 Å². The molecule has 0 spiro atoms. The first kappa shape index (κ1) is 14.7. The second-order valence-electron chi connectivity index (χ2n) is 4.10. The predicted octanol–water partition coefficient (Wildman–Crippen LogP) is 0.995. The molecule has 0 amide bonds. The fourth-order valence-electron chi connectivity index (χ4n) is 1.39. The second kappa shape index (κ2) is 7.84. The van der Waals surface area contributed by atoms with Gasteiger partial charge < -0.3 is 19.7 Å². The first-order valence-corrected chi connectivity index (χ1v) is 6.04. The second-order valence-corrected chi connectivity index (χ2v) is 4.10. The van der Waals surface area contributed by atoms with Crippen molar-refractivity contribution in [3.63, 3.8) is 0 Å². The lowest BCUT2D eigenvalue weighted by Gasteiger charge is -2.12. The van der Waals surface area contributed by atoms with Crippen molar-refractivity contribution >= 4 is 5.82 Å². The van der Waals surface area contributed by atoms with Crippen molar-refractivity contribution in [2.24, 2.45) is 0 Å². The molecule has 0 aliphatic heterocycles. The normalized spacial score (nSPS) is 10.7. The zero-order valence-corrected chi connectivity index (χ0v) is 11.6. The molecule has 1 N–H and O–H groups in total. The van der Waals surface area contributed by atoms with Crippen molar-refractivity contribution < 1.29 is 9.47 Å². The molecule has 0 saturated carbocycles. The van der Waals surface area contributed by atoms with Crippen molar-refractivity contribution in [1.29, 1.82) is 0 Å². The lowest BCUT2D eigenvalue weighted by molar-refractivity contribution is 0.176. The monoisotopic (exact) mass is 254 g/mol. The van der Waals surface area contributed by atoms with Crippen LogP contribution in [0.15, 0.2) is 6.07 Å². The van der Waals surface area contributed by atoms with Crippen molar-refractivity contribution in [3.8, 4) is 5.88 Å². The van der Waals surface area contributed by atoms with Crippen LogP contribution < -0.4 is 10.1 Å². The minimum absolute atomic E-state index is 0.378. The van der Waals surface area contributed by atoms with E-state index in [1.165, 1.54) is 0 Å². The van der Waals surface area contributed by atoms with Gasteiger partial charge in [-0.15, -0.1) is 0 Å².